The summed E-state index contributed by atoms with van der Waals surface area (Å²) in [7, 11) is 0. The molecule has 0 saturated carbocycles. The van der Waals surface area contributed by atoms with Crippen LogP contribution in [0.4, 0.5) is 5.69 Å². The van der Waals surface area contributed by atoms with Crippen LogP contribution in [0.25, 0.3) is 0 Å². The maximum atomic E-state index is 12.3. The predicted octanol–water partition coefficient (Wildman–Crippen LogP) is 5.39. The number of rotatable bonds is 6. The number of amides is 1. The second kappa shape index (κ2) is 9.27. The Labute approximate surface area is 167 Å². The molecule has 0 bridgehead atoms. The topological polar surface area (TPSA) is 32.3 Å². The average Bonchev–Trinajstić information content (AvgIpc) is 2.67. The van der Waals surface area contributed by atoms with Gasteiger partial charge in [-0.15, -0.1) is 0 Å². The molecule has 2 aromatic rings. The van der Waals surface area contributed by atoms with Crippen LogP contribution in [-0.2, 0) is 11.2 Å². The smallest absolute Gasteiger partial charge is 0.220 e. The molecular weight excluding hydrogens is 356 g/mol. The Kier molecular flexibility index (Phi) is 6.78. The van der Waals surface area contributed by atoms with Gasteiger partial charge in [0.25, 0.3) is 0 Å². The molecule has 3 nitrogen and oxygen atoms in total. The Morgan fingerprint density at radius 3 is 2.67 bits per heavy atom. The number of aryl methyl sites for hydroxylation is 1. The molecule has 4 heteroatoms. The van der Waals surface area contributed by atoms with E-state index in [0.29, 0.717) is 12.8 Å². The highest BCUT2D eigenvalue weighted by Crippen LogP contribution is 2.24. The van der Waals surface area contributed by atoms with Crippen molar-refractivity contribution >= 4 is 23.2 Å². The van der Waals surface area contributed by atoms with Gasteiger partial charge in [0.2, 0.25) is 5.91 Å². The van der Waals surface area contributed by atoms with Crippen molar-refractivity contribution in [3.8, 4) is 0 Å². The van der Waals surface area contributed by atoms with Gasteiger partial charge in [0.15, 0.2) is 0 Å². The monoisotopic (exact) mass is 384 g/mol. The molecule has 1 amide bonds. The van der Waals surface area contributed by atoms with Crippen LogP contribution < -0.4 is 10.2 Å². The second-order valence-electron chi connectivity index (χ2n) is 7.67. The van der Waals surface area contributed by atoms with Crippen LogP contribution in [0.15, 0.2) is 48.5 Å². The molecule has 3 rings (SSSR count). The van der Waals surface area contributed by atoms with Crippen molar-refractivity contribution < 1.29 is 4.79 Å². The highest BCUT2D eigenvalue weighted by Gasteiger charge is 2.17. The number of carbonyl (C=O) groups excluding carboxylic acids is 1. The van der Waals surface area contributed by atoms with E-state index >= 15 is 0 Å². The third-order valence-electron chi connectivity index (χ3n) is 5.37. The normalized spacial score (nSPS) is 18.2. The van der Waals surface area contributed by atoms with Gasteiger partial charge in [-0.25, -0.2) is 0 Å². The van der Waals surface area contributed by atoms with Gasteiger partial charge in [-0.1, -0.05) is 48.9 Å². The molecule has 0 spiro atoms. The first-order valence-electron chi connectivity index (χ1n) is 9.90. The van der Waals surface area contributed by atoms with Gasteiger partial charge in [0.05, 0.1) is 6.04 Å². The summed E-state index contributed by atoms with van der Waals surface area (Å²) in [6.07, 6.45) is 3.69. The Morgan fingerprint density at radius 1 is 1.22 bits per heavy atom. The van der Waals surface area contributed by atoms with Crippen molar-refractivity contribution in [1.82, 2.24) is 5.32 Å². The molecule has 0 radical (unpaired) electrons. The summed E-state index contributed by atoms with van der Waals surface area (Å²) < 4.78 is 0. The van der Waals surface area contributed by atoms with E-state index in [1.807, 2.05) is 31.2 Å². The average molecular weight is 385 g/mol. The minimum atomic E-state index is -0.00178. The molecular formula is C23H29ClN2O. The molecule has 1 aliphatic rings. The third-order valence-corrected chi connectivity index (χ3v) is 5.74. The van der Waals surface area contributed by atoms with Gasteiger partial charge in [0.1, 0.15) is 0 Å². The number of nitrogens with one attached hydrogen (secondary N) is 1. The zero-order chi connectivity index (χ0) is 19.2. The number of piperidine rings is 1. The molecule has 2 unspecified atom stereocenters. The number of hydrogen-bond acceptors (Lipinski definition) is 2. The minimum absolute atomic E-state index is 0.00178. The van der Waals surface area contributed by atoms with Crippen LogP contribution in [0.3, 0.4) is 0 Å². The lowest BCUT2D eigenvalue weighted by Gasteiger charge is -2.33. The molecule has 1 fully saturated rings. The molecule has 1 heterocycles. The zero-order valence-electron chi connectivity index (χ0n) is 16.2. The first-order valence-corrected chi connectivity index (χ1v) is 10.3. The number of carbonyl (C=O) groups is 1. The van der Waals surface area contributed by atoms with Gasteiger partial charge in [-0.2, -0.15) is 0 Å². The lowest BCUT2D eigenvalue weighted by atomic mass is 9.99. The van der Waals surface area contributed by atoms with E-state index in [9.17, 15) is 4.79 Å². The van der Waals surface area contributed by atoms with Crippen molar-refractivity contribution in [2.45, 2.75) is 45.6 Å². The second-order valence-corrected chi connectivity index (χ2v) is 8.07. The summed E-state index contributed by atoms with van der Waals surface area (Å²) in [5, 5.41) is 3.82. The molecule has 0 aromatic heterocycles. The molecule has 0 aliphatic carbocycles. The highest BCUT2D eigenvalue weighted by atomic mass is 35.5. The summed E-state index contributed by atoms with van der Waals surface area (Å²) in [5.41, 5.74) is 3.43. The maximum absolute atomic E-state index is 12.3. The van der Waals surface area contributed by atoms with Crippen LogP contribution in [0.2, 0.25) is 5.02 Å². The third kappa shape index (κ3) is 5.49. The van der Waals surface area contributed by atoms with Crippen LogP contribution in [0, 0.1) is 5.92 Å². The first kappa shape index (κ1) is 19.8. The van der Waals surface area contributed by atoms with E-state index in [0.717, 1.165) is 35.2 Å². The van der Waals surface area contributed by atoms with Crippen molar-refractivity contribution in [3.05, 3.63) is 64.7 Å². The van der Waals surface area contributed by atoms with Gasteiger partial charge in [-0.05, 0) is 61.4 Å². The largest absolute Gasteiger partial charge is 0.371 e. The Balaban J connectivity index is 1.52. The van der Waals surface area contributed by atoms with Crippen molar-refractivity contribution in [3.63, 3.8) is 0 Å². The Hall–Kier alpha value is -2.00. The summed E-state index contributed by atoms with van der Waals surface area (Å²) in [6, 6.07) is 16.3. The standard InChI is InChI=1S/C23H29ClN2O/c1-17-6-5-15-26(16-17)21-12-9-19(10-13-21)18(2)25-23(27)14-11-20-7-3-4-8-22(20)24/h3-4,7-10,12-13,17-18H,5-6,11,14-16H2,1-2H3,(H,25,27). The quantitative estimate of drug-likeness (QED) is 0.724. The van der Waals surface area contributed by atoms with Crippen molar-refractivity contribution in [2.75, 3.05) is 18.0 Å². The highest BCUT2D eigenvalue weighted by molar-refractivity contribution is 6.31. The van der Waals surface area contributed by atoms with Gasteiger partial charge in [-0.3, -0.25) is 4.79 Å². The van der Waals surface area contributed by atoms with Crippen molar-refractivity contribution in [1.29, 1.82) is 0 Å². The van der Waals surface area contributed by atoms with E-state index in [-0.39, 0.29) is 11.9 Å². The van der Waals surface area contributed by atoms with Crippen LogP contribution in [0.5, 0.6) is 0 Å². The van der Waals surface area contributed by atoms with E-state index in [2.05, 4.69) is 41.4 Å². The SMILES string of the molecule is CC1CCCN(c2ccc(C(C)NC(=O)CCc3ccccc3Cl)cc2)C1. The van der Waals surface area contributed by atoms with E-state index in [1.54, 1.807) is 0 Å². The minimum Gasteiger partial charge on any atom is -0.371 e. The molecule has 1 N–H and O–H groups in total. The van der Waals surface area contributed by atoms with Crippen LogP contribution >= 0.6 is 11.6 Å². The van der Waals surface area contributed by atoms with Gasteiger partial charge >= 0.3 is 0 Å². The molecule has 27 heavy (non-hydrogen) atoms. The van der Waals surface area contributed by atoms with Crippen LogP contribution in [0.1, 0.15) is 50.3 Å². The van der Waals surface area contributed by atoms with Crippen LogP contribution in [-0.4, -0.2) is 19.0 Å². The summed E-state index contributed by atoms with van der Waals surface area (Å²) in [5.74, 6) is 0.811. The molecule has 2 atom stereocenters. The molecule has 1 aliphatic heterocycles. The van der Waals surface area contributed by atoms with Crippen molar-refractivity contribution in [2.24, 2.45) is 5.92 Å². The maximum Gasteiger partial charge on any atom is 0.220 e. The summed E-state index contributed by atoms with van der Waals surface area (Å²) >= 11 is 6.16. The summed E-state index contributed by atoms with van der Waals surface area (Å²) in [4.78, 5) is 14.8. The number of hydrogen-bond donors (Lipinski definition) is 1. The number of halogens is 1. The van der Waals surface area contributed by atoms with Gasteiger partial charge < -0.3 is 10.2 Å². The fourth-order valence-electron chi connectivity index (χ4n) is 3.74. The summed E-state index contributed by atoms with van der Waals surface area (Å²) in [6.45, 7) is 6.62. The predicted molar refractivity (Wildman–Crippen MR) is 113 cm³/mol. The molecule has 144 valence electrons. The fourth-order valence-corrected chi connectivity index (χ4v) is 3.97. The lowest BCUT2D eigenvalue weighted by molar-refractivity contribution is -0.121. The number of benzene rings is 2. The van der Waals surface area contributed by atoms with E-state index in [1.165, 1.54) is 18.5 Å². The fraction of sp³-hybridized carbons (Fsp3) is 0.435. The Morgan fingerprint density at radius 2 is 1.96 bits per heavy atom. The number of nitrogens with zero attached hydrogens (tertiary/aromatic N) is 1. The molecule has 2 aromatic carbocycles. The Bertz CT molecular complexity index is 759. The first-order chi connectivity index (χ1) is 13.0. The van der Waals surface area contributed by atoms with E-state index in [4.69, 9.17) is 11.6 Å². The van der Waals surface area contributed by atoms with Gasteiger partial charge in [0, 0.05) is 30.2 Å². The molecule has 1 saturated heterocycles. The zero-order valence-corrected chi connectivity index (χ0v) is 17.0. The lowest BCUT2D eigenvalue weighted by Crippen LogP contribution is -2.34. The number of anilines is 1. The van der Waals surface area contributed by atoms with E-state index < -0.39 is 0 Å².